The lowest BCUT2D eigenvalue weighted by Crippen LogP contribution is -2.27. The lowest BCUT2D eigenvalue weighted by molar-refractivity contribution is -0.118. The fourth-order valence-electron chi connectivity index (χ4n) is 1.46. The van der Waals surface area contributed by atoms with Gasteiger partial charge in [0.05, 0.1) is 5.71 Å². The number of hydrogen-bond donors (Lipinski definition) is 1. The molecule has 0 saturated carbocycles. The predicted octanol–water partition coefficient (Wildman–Crippen LogP) is 0.457. The summed E-state index contributed by atoms with van der Waals surface area (Å²) >= 11 is 0. The topological polar surface area (TPSA) is 67.8 Å². The number of aliphatic imine (C=N–C) groups is 2. The van der Waals surface area contributed by atoms with Crippen LogP contribution in [0.25, 0.3) is 0 Å². The first-order valence-electron chi connectivity index (χ1n) is 4.56. The summed E-state index contributed by atoms with van der Waals surface area (Å²) in [5.74, 6) is 0.129. The Morgan fingerprint density at radius 1 is 1.36 bits per heavy atom. The Bertz CT molecular complexity index is 377. The Labute approximate surface area is 81.9 Å². The number of nitrogens with two attached hydrogens (primary N) is 1. The van der Waals surface area contributed by atoms with Crippen LogP contribution in [0.2, 0.25) is 0 Å². The van der Waals surface area contributed by atoms with Crippen LogP contribution in [0.3, 0.4) is 0 Å². The van der Waals surface area contributed by atoms with E-state index >= 15 is 0 Å². The summed E-state index contributed by atoms with van der Waals surface area (Å²) < 4.78 is 0. The molecule has 72 valence electrons. The number of hydrogen-bond acceptors (Lipinski definition) is 3. The Kier molecular flexibility index (Phi) is 2.37. The average molecular weight is 189 g/mol. The van der Waals surface area contributed by atoms with E-state index in [1.54, 1.807) is 0 Å². The number of nitrogens with zero attached hydrogens (tertiary/aromatic N) is 2. The molecule has 2 N–H and O–H groups in total. The van der Waals surface area contributed by atoms with Crippen molar-refractivity contribution in [3.8, 4) is 0 Å². The molecule has 0 saturated heterocycles. The maximum absolute atomic E-state index is 11.5. The van der Waals surface area contributed by atoms with Crippen molar-refractivity contribution in [2.75, 3.05) is 6.54 Å². The molecule has 1 unspecified atom stereocenters. The SMILES string of the molecule is NCCC1=NC(=O)C2C=CC=CC2=N1. The summed E-state index contributed by atoms with van der Waals surface area (Å²) in [5, 5.41) is 0. The number of rotatable bonds is 2. The second-order valence-electron chi connectivity index (χ2n) is 3.16. The molecule has 0 spiro atoms. The molecular formula is C10H11N3O. The number of fused-ring (bicyclic) bond motifs is 1. The lowest BCUT2D eigenvalue weighted by Gasteiger charge is -2.17. The monoisotopic (exact) mass is 189 g/mol. The van der Waals surface area contributed by atoms with Gasteiger partial charge in [0.1, 0.15) is 11.8 Å². The first-order valence-corrected chi connectivity index (χ1v) is 4.56. The zero-order chi connectivity index (χ0) is 9.97. The smallest absolute Gasteiger partial charge is 0.260 e. The Morgan fingerprint density at radius 3 is 3.00 bits per heavy atom. The van der Waals surface area contributed by atoms with Crippen molar-refractivity contribution in [1.29, 1.82) is 0 Å². The van der Waals surface area contributed by atoms with Crippen molar-refractivity contribution < 1.29 is 4.79 Å². The van der Waals surface area contributed by atoms with Gasteiger partial charge in [-0.2, -0.15) is 4.99 Å². The minimum absolute atomic E-state index is 0.140. The third-order valence-electron chi connectivity index (χ3n) is 2.13. The molecule has 1 heterocycles. The predicted molar refractivity (Wildman–Crippen MR) is 55.3 cm³/mol. The zero-order valence-electron chi connectivity index (χ0n) is 7.68. The van der Waals surface area contributed by atoms with Gasteiger partial charge in [0, 0.05) is 6.42 Å². The number of carbonyl (C=O) groups is 1. The minimum atomic E-state index is -0.276. The van der Waals surface area contributed by atoms with Crippen LogP contribution in [0.15, 0.2) is 34.3 Å². The Morgan fingerprint density at radius 2 is 2.21 bits per heavy atom. The number of carbonyl (C=O) groups excluding carboxylic acids is 1. The second kappa shape index (κ2) is 3.67. The van der Waals surface area contributed by atoms with Gasteiger partial charge in [-0.3, -0.25) is 4.79 Å². The van der Waals surface area contributed by atoms with Crippen LogP contribution in [0.1, 0.15) is 6.42 Å². The molecule has 14 heavy (non-hydrogen) atoms. The summed E-state index contributed by atoms with van der Waals surface area (Å²) in [6.45, 7) is 0.465. The fraction of sp³-hybridized carbons (Fsp3) is 0.300. The van der Waals surface area contributed by atoms with E-state index < -0.39 is 0 Å². The molecule has 0 aromatic rings. The molecular weight excluding hydrogens is 178 g/mol. The van der Waals surface area contributed by atoms with Gasteiger partial charge in [-0.25, -0.2) is 4.99 Å². The van der Waals surface area contributed by atoms with Crippen molar-refractivity contribution in [2.45, 2.75) is 6.42 Å². The largest absolute Gasteiger partial charge is 0.330 e. The van der Waals surface area contributed by atoms with Crippen LogP contribution < -0.4 is 5.73 Å². The van der Waals surface area contributed by atoms with Crippen LogP contribution >= 0.6 is 0 Å². The first-order chi connectivity index (χ1) is 6.81. The molecule has 1 aliphatic carbocycles. The van der Waals surface area contributed by atoms with Crippen LogP contribution in [0.4, 0.5) is 0 Å². The molecule has 4 nitrogen and oxygen atoms in total. The quantitative estimate of drug-likeness (QED) is 0.685. The van der Waals surface area contributed by atoms with Crippen LogP contribution in [-0.2, 0) is 4.79 Å². The maximum atomic E-state index is 11.5. The van der Waals surface area contributed by atoms with E-state index in [0.717, 1.165) is 5.71 Å². The van der Waals surface area contributed by atoms with Crippen molar-refractivity contribution in [1.82, 2.24) is 0 Å². The highest BCUT2D eigenvalue weighted by Gasteiger charge is 2.25. The molecule has 0 radical (unpaired) electrons. The molecule has 0 aromatic heterocycles. The number of amides is 1. The maximum Gasteiger partial charge on any atom is 0.260 e. The van der Waals surface area contributed by atoms with E-state index in [2.05, 4.69) is 9.98 Å². The standard InChI is InChI=1S/C10H11N3O/c11-6-5-9-12-8-4-2-1-3-7(8)10(14)13-9/h1-4,7H,5-6,11H2. The van der Waals surface area contributed by atoms with E-state index in [4.69, 9.17) is 5.73 Å². The van der Waals surface area contributed by atoms with Gasteiger partial charge >= 0.3 is 0 Å². The fourth-order valence-corrected chi connectivity index (χ4v) is 1.46. The highest BCUT2D eigenvalue weighted by Crippen LogP contribution is 2.16. The van der Waals surface area contributed by atoms with Crippen molar-refractivity contribution in [2.24, 2.45) is 21.6 Å². The van der Waals surface area contributed by atoms with Gasteiger partial charge < -0.3 is 5.73 Å². The van der Waals surface area contributed by atoms with Crippen LogP contribution in [0, 0.1) is 5.92 Å². The lowest BCUT2D eigenvalue weighted by atomic mass is 9.96. The van der Waals surface area contributed by atoms with Gasteiger partial charge in [-0.15, -0.1) is 0 Å². The summed E-state index contributed by atoms with van der Waals surface area (Å²) in [7, 11) is 0. The highest BCUT2D eigenvalue weighted by atomic mass is 16.1. The highest BCUT2D eigenvalue weighted by molar-refractivity contribution is 6.21. The van der Waals surface area contributed by atoms with Crippen LogP contribution in [0.5, 0.6) is 0 Å². The minimum Gasteiger partial charge on any atom is -0.330 e. The number of allylic oxidation sites excluding steroid dienone is 3. The van der Waals surface area contributed by atoms with E-state index in [1.807, 2.05) is 24.3 Å². The second-order valence-corrected chi connectivity index (χ2v) is 3.16. The van der Waals surface area contributed by atoms with Gasteiger partial charge in [0.25, 0.3) is 5.91 Å². The van der Waals surface area contributed by atoms with Gasteiger partial charge in [-0.05, 0) is 12.6 Å². The van der Waals surface area contributed by atoms with Gasteiger partial charge in [0.2, 0.25) is 0 Å². The Hall–Kier alpha value is -1.55. The summed E-state index contributed by atoms with van der Waals surface area (Å²) in [6.07, 6.45) is 7.91. The third kappa shape index (κ3) is 1.56. The van der Waals surface area contributed by atoms with E-state index in [-0.39, 0.29) is 11.8 Å². The summed E-state index contributed by atoms with van der Waals surface area (Å²) in [5.41, 5.74) is 6.15. The van der Waals surface area contributed by atoms with E-state index in [9.17, 15) is 4.79 Å². The Balaban J connectivity index is 2.29. The molecule has 4 heteroatoms. The molecule has 0 aromatic carbocycles. The third-order valence-corrected chi connectivity index (χ3v) is 2.13. The van der Waals surface area contributed by atoms with Crippen molar-refractivity contribution in [3.63, 3.8) is 0 Å². The number of amidine groups is 1. The summed E-state index contributed by atoms with van der Waals surface area (Å²) in [4.78, 5) is 19.7. The molecule has 1 amide bonds. The molecule has 1 atom stereocenters. The van der Waals surface area contributed by atoms with Gasteiger partial charge in [0.15, 0.2) is 0 Å². The molecule has 0 fully saturated rings. The molecule has 0 bridgehead atoms. The summed E-state index contributed by atoms with van der Waals surface area (Å²) in [6, 6.07) is 0. The zero-order valence-corrected chi connectivity index (χ0v) is 7.68. The normalized spacial score (nSPS) is 24.4. The molecule has 2 aliphatic rings. The van der Waals surface area contributed by atoms with Crippen LogP contribution in [-0.4, -0.2) is 24.0 Å². The average Bonchev–Trinajstić information content (AvgIpc) is 2.18. The van der Waals surface area contributed by atoms with Gasteiger partial charge in [-0.1, -0.05) is 18.2 Å². The van der Waals surface area contributed by atoms with E-state index in [0.29, 0.717) is 18.8 Å². The van der Waals surface area contributed by atoms with E-state index in [1.165, 1.54) is 0 Å². The van der Waals surface area contributed by atoms with Crippen molar-refractivity contribution in [3.05, 3.63) is 24.3 Å². The first kappa shape index (κ1) is 9.02. The molecule has 2 rings (SSSR count). The molecule has 1 aliphatic heterocycles. The van der Waals surface area contributed by atoms with Crippen molar-refractivity contribution >= 4 is 17.5 Å².